The van der Waals surface area contributed by atoms with E-state index in [9.17, 15) is 0 Å². The van der Waals surface area contributed by atoms with Gasteiger partial charge in [0.05, 0.1) is 0 Å². The molecule has 0 radical (unpaired) electrons. The zero-order valence-corrected chi connectivity index (χ0v) is 15.5. The third-order valence-electron chi connectivity index (χ3n) is 0. The molecule has 5 heteroatoms. The molecule has 0 unspecified atom stereocenters. The molecule has 0 aliphatic heterocycles. The Bertz CT molecular complexity index is 20.5. The van der Waals surface area contributed by atoms with Gasteiger partial charge in [-0.3, -0.25) is 0 Å². The van der Waals surface area contributed by atoms with Crippen molar-refractivity contribution in [3.8, 4) is 0 Å². The molecule has 0 fully saturated rings. The minimum atomic E-state index is 0. The van der Waals surface area contributed by atoms with Gasteiger partial charge in [-0.15, -0.1) is 0 Å². The van der Waals surface area contributed by atoms with Gasteiger partial charge in [0.15, 0.2) is 0 Å². The summed E-state index contributed by atoms with van der Waals surface area (Å²) in [4.78, 5) is 0. The van der Waals surface area contributed by atoms with Gasteiger partial charge in [0.25, 0.3) is 0 Å². The monoisotopic (exact) mass is 340 g/mol. The molecule has 5 heavy (non-hydrogen) atoms. The zero-order valence-electron chi connectivity index (χ0n) is 7.24. The summed E-state index contributed by atoms with van der Waals surface area (Å²) in [6.07, 6.45) is 0. The summed E-state index contributed by atoms with van der Waals surface area (Å²) in [5.74, 6) is 0. The maximum Gasteiger partial charge on any atom is 2.00 e. The van der Waals surface area contributed by atoms with Crippen LogP contribution in [0.4, 0.5) is 0 Å². The Kier molecular flexibility index (Phi) is 118. The van der Waals surface area contributed by atoms with Crippen LogP contribution in [-0.2, 0) is 23.9 Å². The van der Waals surface area contributed by atoms with Gasteiger partial charge in [0.1, 0.15) is 0 Å². The number of hydrogen-bond acceptors (Lipinski definition) is 1. The molecule has 0 bridgehead atoms. The quantitative estimate of drug-likeness (QED) is 0.499. The second-order valence-electron chi connectivity index (χ2n) is 0. The first-order valence-electron chi connectivity index (χ1n) is 0.289. The maximum atomic E-state index is 8.28. The normalized spacial score (nSPS) is 0.800. The van der Waals surface area contributed by atoms with Crippen molar-refractivity contribution in [2.24, 2.45) is 0 Å². The van der Waals surface area contributed by atoms with Crippen LogP contribution in [0.25, 0.3) is 0 Å². The first-order valence-corrected chi connectivity index (χ1v) is 0.866. The van der Waals surface area contributed by atoms with Crippen LogP contribution in [0.1, 0.15) is 5.71 Å². The molecule has 0 aromatic rings. The molecule has 0 aromatic carbocycles. The van der Waals surface area contributed by atoms with Gasteiger partial charge >= 0.3 is 94.4 Å². The van der Waals surface area contributed by atoms with E-state index in [-0.39, 0.29) is 120 Å². The predicted octanol–water partition coefficient (Wildman–Crippen LogP) is -1.35. The standard InChI is InChI=1S/Ba.H2OSi.Sr.Zn.4H/c;1-2;;;;;;/h;2H2;;;;;;/q+2;;+2;;4*-1. The molecule has 0 rings (SSSR count). The molecule has 0 amide bonds. The van der Waals surface area contributed by atoms with Crippen molar-refractivity contribution in [2.45, 2.75) is 0 Å². The summed E-state index contributed by atoms with van der Waals surface area (Å²) >= 11 is 0. The molecule has 0 saturated carbocycles. The summed E-state index contributed by atoms with van der Waals surface area (Å²) in [5, 5.41) is 0. The van der Waals surface area contributed by atoms with E-state index in [2.05, 4.69) is 0 Å². The van der Waals surface area contributed by atoms with E-state index < -0.39 is 0 Å². The van der Waals surface area contributed by atoms with Crippen molar-refractivity contribution in [3.63, 3.8) is 0 Å². The summed E-state index contributed by atoms with van der Waals surface area (Å²) in [7, 11) is 0.611. The molecule has 0 aliphatic rings. The van der Waals surface area contributed by atoms with Gasteiger partial charge in [-0.1, -0.05) is 0 Å². The van der Waals surface area contributed by atoms with Gasteiger partial charge < -0.3 is 10.2 Å². The molecule has 22 valence electrons. The van der Waals surface area contributed by atoms with E-state index in [1.165, 1.54) is 0 Å². The first kappa shape index (κ1) is 23.4. The Morgan fingerprint density at radius 2 is 1.40 bits per heavy atom. The van der Waals surface area contributed by atoms with Crippen LogP contribution in [0.2, 0.25) is 0 Å². The van der Waals surface area contributed by atoms with Crippen molar-refractivity contribution in [2.75, 3.05) is 0 Å². The Morgan fingerprint density at radius 3 is 1.40 bits per heavy atom. The van der Waals surface area contributed by atoms with Crippen LogP contribution in [0.15, 0.2) is 0 Å². The smallest absolute Gasteiger partial charge is 1.00 e. The van der Waals surface area contributed by atoms with Crippen molar-refractivity contribution in [3.05, 3.63) is 0 Å². The van der Waals surface area contributed by atoms with Crippen LogP contribution < -0.4 is 0 Å². The molecule has 0 aromatic heterocycles. The average molecular weight is 340 g/mol. The fourth-order valence-electron chi connectivity index (χ4n) is 0. The summed E-state index contributed by atoms with van der Waals surface area (Å²) in [6.45, 7) is 0. The second-order valence-corrected chi connectivity index (χ2v) is 0. The average Bonchev–Trinajstić information content (AvgIpc) is 1.00. The van der Waals surface area contributed by atoms with Crippen molar-refractivity contribution in [1.82, 2.24) is 0 Å². The number of rotatable bonds is 0. The third-order valence-corrected chi connectivity index (χ3v) is 0. The SMILES string of the molecule is O=[SiH2].[Ba+2].[H-].[H-].[H-].[H-].[Sr+2].[Zn]. The fraction of sp³-hybridized carbons (Fsp3) is 0. The van der Waals surface area contributed by atoms with E-state index in [4.69, 9.17) is 4.46 Å². The second kappa shape index (κ2) is 25.3. The Balaban J connectivity index is -0.000000000238. The topological polar surface area (TPSA) is 17.1 Å². The van der Waals surface area contributed by atoms with Crippen LogP contribution >= 0.6 is 0 Å². The van der Waals surface area contributed by atoms with Gasteiger partial charge in [-0.2, -0.15) is 0 Å². The minimum absolute atomic E-state index is 0. The largest absolute Gasteiger partial charge is 2.00 e. The van der Waals surface area contributed by atoms with E-state index in [0.29, 0.717) is 10.1 Å². The molecule has 0 saturated heterocycles. The van der Waals surface area contributed by atoms with E-state index in [1.54, 1.807) is 0 Å². The summed E-state index contributed by atoms with van der Waals surface area (Å²) in [5.41, 5.74) is 0. The maximum absolute atomic E-state index is 8.28. The molecular weight excluding hydrogens is 334 g/mol. The third kappa shape index (κ3) is 18.3. The fourth-order valence-corrected chi connectivity index (χ4v) is 0. The van der Waals surface area contributed by atoms with E-state index >= 15 is 0 Å². The van der Waals surface area contributed by atoms with E-state index in [1.807, 2.05) is 0 Å². The molecule has 1 nitrogen and oxygen atoms in total. The molecule has 0 aliphatic carbocycles. The Morgan fingerprint density at radius 1 is 1.40 bits per heavy atom. The minimum Gasteiger partial charge on any atom is -1.00 e. The van der Waals surface area contributed by atoms with Crippen LogP contribution in [-0.4, -0.2) is 104 Å². The predicted molar refractivity (Wildman–Crippen MR) is 25.2 cm³/mol. The molecular formula is H6BaOSiSrZn. The van der Waals surface area contributed by atoms with Crippen molar-refractivity contribution in [1.29, 1.82) is 0 Å². The zero-order chi connectivity index (χ0) is 2.00. The van der Waals surface area contributed by atoms with Crippen LogP contribution in [0.5, 0.6) is 0 Å². The van der Waals surface area contributed by atoms with Crippen molar-refractivity contribution < 1.29 is 29.6 Å². The van der Waals surface area contributed by atoms with E-state index in [0.717, 1.165) is 0 Å². The van der Waals surface area contributed by atoms with Gasteiger partial charge in [-0.25, -0.2) is 0 Å². The summed E-state index contributed by atoms with van der Waals surface area (Å²) in [6, 6.07) is 0. The molecule has 0 spiro atoms. The Labute approximate surface area is 131 Å². The summed E-state index contributed by atoms with van der Waals surface area (Å²) < 4.78 is 8.28. The number of hydrogen-bond donors (Lipinski definition) is 0. The molecule has 0 atom stereocenters. The molecule has 0 N–H and O–H groups in total. The van der Waals surface area contributed by atoms with Gasteiger partial charge in [0, 0.05) is 19.5 Å². The first-order chi connectivity index (χ1) is 1.00. The molecule has 0 heterocycles. The van der Waals surface area contributed by atoms with Gasteiger partial charge in [0.2, 0.25) is 10.1 Å². The van der Waals surface area contributed by atoms with Crippen LogP contribution in [0, 0.1) is 0 Å². The van der Waals surface area contributed by atoms with Crippen molar-refractivity contribution >= 4 is 104 Å². The van der Waals surface area contributed by atoms with Crippen LogP contribution in [0.3, 0.4) is 0 Å². The Hall–Kier alpha value is 3.69. The van der Waals surface area contributed by atoms with Gasteiger partial charge in [-0.05, 0) is 0 Å².